The van der Waals surface area contributed by atoms with Gasteiger partial charge in [0.1, 0.15) is 11.5 Å². The van der Waals surface area contributed by atoms with Crippen LogP contribution >= 0.6 is 23.2 Å². The van der Waals surface area contributed by atoms with Crippen molar-refractivity contribution in [2.24, 2.45) is 5.10 Å². The van der Waals surface area contributed by atoms with Crippen LogP contribution in [0.5, 0.6) is 11.5 Å². The number of hydrazone groups is 1. The van der Waals surface area contributed by atoms with Gasteiger partial charge in [-0.2, -0.15) is 10.1 Å². The molecule has 1 heterocycles. The molecule has 0 saturated carbocycles. The van der Waals surface area contributed by atoms with Crippen LogP contribution in [0.25, 0.3) is 6.08 Å². The molecule has 0 spiro atoms. The van der Waals surface area contributed by atoms with E-state index in [1.54, 1.807) is 25.1 Å². The first-order valence-corrected chi connectivity index (χ1v) is 11.2. The molecule has 0 N–H and O–H groups in total. The third-order valence-electron chi connectivity index (χ3n) is 4.95. The van der Waals surface area contributed by atoms with Crippen molar-refractivity contribution in [2.75, 3.05) is 18.2 Å². The molecule has 3 aromatic rings. The molecule has 33 heavy (non-hydrogen) atoms. The molecule has 3 aromatic carbocycles. The molecule has 7 heteroatoms. The van der Waals surface area contributed by atoms with Crippen LogP contribution in [0.15, 0.2) is 83.5 Å². The standard InChI is InChI=1S/C26H22Cl2N2O3/c1-18-23(26(31)30(29-18)21-9-4-2-5-10-21)16-19-15-20(27)17-24(28)25(19)33-14-8-13-32-22-11-6-3-7-12-22/h2-7,9-12,15-17H,8,13-14H2,1H3. The highest BCUT2D eigenvalue weighted by molar-refractivity contribution is 6.36. The average Bonchev–Trinajstić information content (AvgIpc) is 3.10. The minimum atomic E-state index is -0.225. The lowest BCUT2D eigenvalue weighted by atomic mass is 10.1. The van der Waals surface area contributed by atoms with Gasteiger partial charge in [-0.1, -0.05) is 59.6 Å². The zero-order valence-electron chi connectivity index (χ0n) is 18.0. The van der Waals surface area contributed by atoms with E-state index in [1.165, 1.54) is 5.01 Å². The molecule has 1 aliphatic rings. The molecule has 4 rings (SSSR count). The minimum Gasteiger partial charge on any atom is -0.493 e. The van der Waals surface area contributed by atoms with Crippen LogP contribution in [0.4, 0.5) is 5.69 Å². The normalized spacial score (nSPS) is 14.5. The number of hydrogen-bond donors (Lipinski definition) is 0. The minimum absolute atomic E-state index is 0.225. The van der Waals surface area contributed by atoms with Gasteiger partial charge in [0.05, 0.1) is 35.2 Å². The fourth-order valence-electron chi connectivity index (χ4n) is 3.36. The summed E-state index contributed by atoms with van der Waals surface area (Å²) in [5, 5.41) is 6.62. The number of hydrogen-bond acceptors (Lipinski definition) is 4. The molecule has 0 fully saturated rings. The highest BCUT2D eigenvalue weighted by Crippen LogP contribution is 2.35. The Morgan fingerprint density at radius 3 is 2.33 bits per heavy atom. The first-order valence-electron chi connectivity index (χ1n) is 10.5. The van der Waals surface area contributed by atoms with E-state index in [1.807, 2.05) is 60.7 Å². The van der Waals surface area contributed by atoms with Crippen LogP contribution in [0.3, 0.4) is 0 Å². The maximum Gasteiger partial charge on any atom is 0.280 e. The maximum atomic E-state index is 13.1. The summed E-state index contributed by atoms with van der Waals surface area (Å²) in [5.41, 5.74) is 2.37. The summed E-state index contributed by atoms with van der Waals surface area (Å²) >= 11 is 12.7. The molecule has 0 radical (unpaired) electrons. The number of ether oxygens (including phenoxy) is 2. The monoisotopic (exact) mass is 480 g/mol. The van der Waals surface area contributed by atoms with Gasteiger partial charge < -0.3 is 9.47 Å². The van der Waals surface area contributed by atoms with Crippen molar-refractivity contribution < 1.29 is 14.3 Å². The number of benzene rings is 3. The van der Waals surface area contributed by atoms with Gasteiger partial charge in [-0.25, -0.2) is 0 Å². The van der Waals surface area contributed by atoms with Crippen LogP contribution in [-0.2, 0) is 4.79 Å². The molecule has 1 aliphatic heterocycles. The Hall–Kier alpha value is -3.28. The number of para-hydroxylation sites is 2. The second-order valence-electron chi connectivity index (χ2n) is 7.37. The Bertz CT molecular complexity index is 1190. The molecule has 168 valence electrons. The van der Waals surface area contributed by atoms with Gasteiger partial charge in [-0.15, -0.1) is 0 Å². The van der Waals surface area contributed by atoms with Crippen LogP contribution < -0.4 is 14.5 Å². The fourth-order valence-corrected chi connectivity index (χ4v) is 3.93. The molecule has 0 atom stereocenters. The van der Waals surface area contributed by atoms with E-state index >= 15 is 0 Å². The quantitative estimate of drug-likeness (QED) is 0.268. The van der Waals surface area contributed by atoms with Gasteiger partial charge >= 0.3 is 0 Å². The first-order chi connectivity index (χ1) is 16.0. The van der Waals surface area contributed by atoms with Gasteiger partial charge in [0.15, 0.2) is 0 Å². The summed E-state index contributed by atoms with van der Waals surface area (Å²) in [7, 11) is 0. The predicted molar refractivity (Wildman–Crippen MR) is 134 cm³/mol. The van der Waals surface area contributed by atoms with Gasteiger partial charge in [-0.05, 0) is 49.4 Å². The van der Waals surface area contributed by atoms with Crippen molar-refractivity contribution in [3.63, 3.8) is 0 Å². The highest BCUT2D eigenvalue weighted by Gasteiger charge is 2.29. The number of carbonyl (C=O) groups is 1. The lowest BCUT2D eigenvalue weighted by molar-refractivity contribution is -0.114. The fraction of sp³-hybridized carbons (Fsp3) is 0.154. The van der Waals surface area contributed by atoms with Gasteiger partial charge in [-0.3, -0.25) is 4.79 Å². The second-order valence-corrected chi connectivity index (χ2v) is 8.21. The summed E-state index contributed by atoms with van der Waals surface area (Å²) in [6, 6.07) is 22.2. The molecule has 5 nitrogen and oxygen atoms in total. The topological polar surface area (TPSA) is 51.1 Å². The number of nitrogens with zero attached hydrogens (tertiary/aromatic N) is 2. The SMILES string of the molecule is CC1=NN(c2ccccc2)C(=O)C1=Cc1cc(Cl)cc(Cl)c1OCCCOc1ccccc1. The van der Waals surface area contributed by atoms with Crippen molar-refractivity contribution >= 4 is 46.6 Å². The van der Waals surface area contributed by atoms with Crippen molar-refractivity contribution in [3.05, 3.63) is 94.0 Å². The van der Waals surface area contributed by atoms with Gasteiger partial charge in [0, 0.05) is 17.0 Å². The van der Waals surface area contributed by atoms with Crippen molar-refractivity contribution in [3.8, 4) is 11.5 Å². The average molecular weight is 481 g/mol. The molecule has 0 aliphatic carbocycles. The van der Waals surface area contributed by atoms with E-state index in [4.69, 9.17) is 32.7 Å². The zero-order valence-corrected chi connectivity index (χ0v) is 19.5. The van der Waals surface area contributed by atoms with Gasteiger partial charge in [0.2, 0.25) is 0 Å². The largest absolute Gasteiger partial charge is 0.493 e. The number of carbonyl (C=O) groups excluding carboxylic acids is 1. The molecule has 1 amide bonds. The Balaban J connectivity index is 1.49. The van der Waals surface area contributed by atoms with Crippen LogP contribution in [-0.4, -0.2) is 24.8 Å². The maximum absolute atomic E-state index is 13.1. The molecule has 0 unspecified atom stereocenters. The molecule has 0 bridgehead atoms. The van der Waals surface area contributed by atoms with E-state index in [-0.39, 0.29) is 5.91 Å². The second kappa shape index (κ2) is 10.6. The van der Waals surface area contributed by atoms with E-state index in [0.717, 1.165) is 5.75 Å². The number of halogens is 2. The summed E-state index contributed by atoms with van der Waals surface area (Å²) in [6.07, 6.45) is 2.38. The Morgan fingerprint density at radius 2 is 1.61 bits per heavy atom. The summed E-state index contributed by atoms with van der Waals surface area (Å²) in [5.74, 6) is 1.05. The van der Waals surface area contributed by atoms with Crippen LogP contribution in [0.1, 0.15) is 18.9 Å². The Morgan fingerprint density at radius 1 is 0.939 bits per heavy atom. The van der Waals surface area contributed by atoms with Crippen molar-refractivity contribution in [1.82, 2.24) is 0 Å². The highest BCUT2D eigenvalue weighted by atomic mass is 35.5. The van der Waals surface area contributed by atoms with Crippen LogP contribution in [0, 0.1) is 0 Å². The van der Waals surface area contributed by atoms with E-state index < -0.39 is 0 Å². The van der Waals surface area contributed by atoms with Crippen molar-refractivity contribution in [2.45, 2.75) is 13.3 Å². The summed E-state index contributed by atoms with van der Waals surface area (Å²) in [6.45, 7) is 2.68. The predicted octanol–water partition coefficient (Wildman–Crippen LogP) is 6.65. The zero-order chi connectivity index (χ0) is 23.2. The lowest BCUT2D eigenvalue weighted by Crippen LogP contribution is -2.21. The lowest BCUT2D eigenvalue weighted by Gasteiger charge is -2.13. The van der Waals surface area contributed by atoms with E-state index in [9.17, 15) is 4.79 Å². The third-order valence-corrected chi connectivity index (χ3v) is 5.45. The van der Waals surface area contributed by atoms with E-state index in [2.05, 4.69) is 5.10 Å². The Labute approximate surface area is 202 Å². The first kappa shape index (κ1) is 22.9. The smallest absolute Gasteiger partial charge is 0.280 e. The number of anilines is 1. The van der Waals surface area contributed by atoms with E-state index in [0.29, 0.717) is 58.0 Å². The van der Waals surface area contributed by atoms with Crippen molar-refractivity contribution in [1.29, 1.82) is 0 Å². The number of rotatable bonds is 8. The molecular weight excluding hydrogens is 459 g/mol. The third kappa shape index (κ3) is 5.56. The molecular formula is C26H22Cl2N2O3. The summed E-state index contributed by atoms with van der Waals surface area (Å²) < 4.78 is 11.7. The Kier molecular flexibility index (Phi) is 7.33. The molecule has 0 aromatic heterocycles. The summed E-state index contributed by atoms with van der Waals surface area (Å²) in [4.78, 5) is 13.1. The van der Waals surface area contributed by atoms with Gasteiger partial charge in [0.25, 0.3) is 5.91 Å². The number of amides is 1. The molecule has 0 saturated heterocycles. The van der Waals surface area contributed by atoms with Crippen LogP contribution in [0.2, 0.25) is 10.0 Å².